The molecule has 0 amide bonds. The molecule has 0 unspecified atom stereocenters. The molecule has 1 fully saturated rings. The molecule has 1 nitrogen and oxygen atoms in total. The Labute approximate surface area is 108 Å². The predicted octanol–water partition coefficient (Wildman–Crippen LogP) is 4.54. The van der Waals surface area contributed by atoms with Gasteiger partial charge in [-0.1, -0.05) is 65.0 Å². The molecule has 0 aromatic carbocycles. The summed E-state index contributed by atoms with van der Waals surface area (Å²) in [6.07, 6.45) is 11.2. The van der Waals surface area contributed by atoms with E-state index in [9.17, 15) is 0 Å². The normalized spacial score (nSPS) is 20.0. The van der Waals surface area contributed by atoms with Crippen molar-refractivity contribution in [3.8, 4) is 0 Å². The van der Waals surface area contributed by atoms with Gasteiger partial charge in [0.05, 0.1) is 0 Å². The summed E-state index contributed by atoms with van der Waals surface area (Å²) in [4.78, 5) is 0. The number of hydrogen-bond acceptors (Lipinski definition) is 1. The van der Waals surface area contributed by atoms with E-state index < -0.39 is 0 Å². The first-order chi connectivity index (χ1) is 8.09. The molecule has 0 aliphatic heterocycles. The predicted molar refractivity (Wildman–Crippen MR) is 77.3 cm³/mol. The van der Waals surface area contributed by atoms with Gasteiger partial charge in [0.15, 0.2) is 0 Å². The fourth-order valence-corrected chi connectivity index (χ4v) is 2.56. The van der Waals surface area contributed by atoms with Crippen LogP contribution in [0.1, 0.15) is 66.2 Å². The summed E-state index contributed by atoms with van der Waals surface area (Å²) in [5, 5.41) is 3.56. The summed E-state index contributed by atoms with van der Waals surface area (Å²) in [7, 11) is 0. The van der Waals surface area contributed by atoms with E-state index in [1.54, 1.807) is 5.57 Å². The molecule has 100 valence electrons. The van der Waals surface area contributed by atoms with Crippen LogP contribution in [0.5, 0.6) is 0 Å². The lowest BCUT2D eigenvalue weighted by Gasteiger charge is -2.18. The van der Waals surface area contributed by atoms with Crippen molar-refractivity contribution in [3.63, 3.8) is 0 Å². The molecule has 1 N–H and O–H groups in total. The SMILES string of the molecule is CC(C)NCC(=CC1CCCCCC1)C(C)C. The fourth-order valence-electron chi connectivity index (χ4n) is 2.56. The fraction of sp³-hybridized carbons (Fsp3) is 0.875. The molecule has 1 heteroatoms. The highest BCUT2D eigenvalue weighted by Crippen LogP contribution is 2.26. The van der Waals surface area contributed by atoms with Gasteiger partial charge in [0.25, 0.3) is 0 Å². The number of nitrogens with one attached hydrogen (secondary N) is 1. The second-order valence-electron chi connectivity index (χ2n) is 6.18. The van der Waals surface area contributed by atoms with Gasteiger partial charge in [0.2, 0.25) is 0 Å². The van der Waals surface area contributed by atoms with Crippen molar-refractivity contribution in [1.29, 1.82) is 0 Å². The monoisotopic (exact) mass is 237 g/mol. The van der Waals surface area contributed by atoms with Crippen LogP contribution in [0.2, 0.25) is 0 Å². The van der Waals surface area contributed by atoms with Gasteiger partial charge < -0.3 is 5.32 Å². The molecule has 1 aliphatic carbocycles. The average molecular weight is 237 g/mol. The highest BCUT2D eigenvalue weighted by molar-refractivity contribution is 5.09. The maximum Gasteiger partial charge on any atom is 0.0169 e. The summed E-state index contributed by atoms with van der Waals surface area (Å²) in [5.41, 5.74) is 1.62. The lowest BCUT2D eigenvalue weighted by Crippen LogP contribution is -2.26. The second kappa shape index (κ2) is 7.92. The van der Waals surface area contributed by atoms with E-state index in [-0.39, 0.29) is 0 Å². The third-order valence-electron chi connectivity index (χ3n) is 3.81. The largest absolute Gasteiger partial charge is 0.311 e. The summed E-state index contributed by atoms with van der Waals surface area (Å²) in [5.74, 6) is 1.54. The maximum absolute atomic E-state index is 3.56. The van der Waals surface area contributed by atoms with E-state index in [1.165, 1.54) is 38.5 Å². The molecule has 0 aromatic rings. The first-order valence-electron chi connectivity index (χ1n) is 7.53. The molecular formula is C16H31N. The van der Waals surface area contributed by atoms with Gasteiger partial charge in [0.1, 0.15) is 0 Å². The van der Waals surface area contributed by atoms with E-state index in [4.69, 9.17) is 0 Å². The van der Waals surface area contributed by atoms with Crippen LogP contribution in [0, 0.1) is 11.8 Å². The molecule has 0 radical (unpaired) electrons. The Kier molecular flexibility index (Phi) is 6.87. The van der Waals surface area contributed by atoms with Crippen LogP contribution in [0.4, 0.5) is 0 Å². The number of allylic oxidation sites excluding steroid dienone is 1. The van der Waals surface area contributed by atoms with Gasteiger partial charge >= 0.3 is 0 Å². The van der Waals surface area contributed by atoms with Crippen molar-refractivity contribution < 1.29 is 0 Å². The first kappa shape index (κ1) is 14.8. The Bertz CT molecular complexity index is 220. The van der Waals surface area contributed by atoms with Crippen molar-refractivity contribution >= 4 is 0 Å². The van der Waals surface area contributed by atoms with Crippen molar-refractivity contribution in [2.24, 2.45) is 11.8 Å². The third kappa shape index (κ3) is 6.26. The van der Waals surface area contributed by atoms with Gasteiger partial charge in [0, 0.05) is 12.6 Å². The Morgan fingerprint density at radius 2 is 1.65 bits per heavy atom. The van der Waals surface area contributed by atoms with E-state index in [0.717, 1.165) is 12.5 Å². The minimum absolute atomic E-state index is 0.589. The highest BCUT2D eigenvalue weighted by atomic mass is 14.9. The lowest BCUT2D eigenvalue weighted by atomic mass is 9.93. The van der Waals surface area contributed by atoms with Gasteiger partial charge in [-0.2, -0.15) is 0 Å². The zero-order valence-electron chi connectivity index (χ0n) is 12.3. The van der Waals surface area contributed by atoms with Crippen LogP contribution in [-0.2, 0) is 0 Å². The quantitative estimate of drug-likeness (QED) is 0.547. The standard InChI is InChI=1S/C16H31N/c1-13(2)16(12-17-14(3)4)11-15-9-7-5-6-8-10-15/h11,13-15,17H,5-10,12H2,1-4H3. The van der Waals surface area contributed by atoms with Crippen LogP contribution in [0.3, 0.4) is 0 Å². The molecule has 1 saturated carbocycles. The minimum atomic E-state index is 0.589. The average Bonchev–Trinajstić information content (AvgIpc) is 2.51. The van der Waals surface area contributed by atoms with E-state index in [1.807, 2.05) is 0 Å². The Morgan fingerprint density at radius 1 is 1.06 bits per heavy atom. The third-order valence-corrected chi connectivity index (χ3v) is 3.81. The molecule has 0 aromatic heterocycles. The molecule has 1 aliphatic rings. The smallest absolute Gasteiger partial charge is 0.0169 e. The number of rotatable bonds is 5. The molecule has 1 rings (SSSR count). The lowest BCUT2D eigenvalue weighted by molar-refractivity contribution is 0.535. The topological polar surface area (TPSA) is 12.0 Å². The first-order valence-corrected chi connectivity index (χ1v) is 7.53. The summed E-state index contributed by atoms with van der Waals surface area (Å²) in [6, 6.07) is 0.589. The Balaban J connectivity index is 2.54. The van der Waals surface area contributed by atoms with E-state index in [2.05, 4.69) is 39.1 Å². The zero-order chi connectivity index (χ0) is 12.7. The minimum Gasteiger partial charge on any atom is -0.311 e. The highest BCUT2D eigenvalue weighted by Gasteiger charge is 2.12. The van der Waals surface area contributed by atoms with Crippen molar-refractivity contribution in [3.05, 3.63) is 11.6 Å². The van der Waals surface area contributed by atoms with Crippen LogP contribution in [-0.4, -0.2) is 12.6 Å². The van der Waals surface area contributed by atoms with Crippen LogP contribution in [0.15, 0.2) is 11.6 Å². The van der Waals surface area contributed by atoms with E-state index in [0.29, 0.717) is 12.0 Å². The molecular weight excluding hydrogens is 206 g/mol. The Hall–Kier alpha value is -0.300. The van der Waals surface area contributed by atoms with Crippen LogP contribution >= 0.6 is 0 Å². The molecule has 0 heterocycles. The summed E-state index contributed by atoms with van der Waals surface area (Å²) >= 11 is 0. The molecule has 0 spiro atoms. The molecule has 0 atom stereocenters. The Morgan fingerprint density at radius 3 is 2.12 bits per heavy atom. The van der Waals surface area contributed by atoms with E-state index >= 15 is 0 Å². The zero-order valence-corrected chi connectivity index (χ0v) is 12.3. The van der Waals surface area contributed by atoms with Crippen LogP contribution in [0.25, 0.3) is 0 Å². The van der Waals surface area contributed by atoms with Gasteiger partial charge in [-0.3, -0.25) is 0 Å². The molecule has 0 bridgehead atoms. The van der Waals surface area contributed by atoms with Crippen LogP contribution < -0.4 is 5.32 Å². The van der Waals surface area contributed by atoms with Crippen molar-refractivity contribution in [2.75, 3.05) is 6.54 Å². The summed E-state index contributed by atoms with van der Waals surface area (Å²) in [6.45, 7) is 10.2. The van der Waals surface area contributed by atoms with Crippen molar-refractivity contribution in [1.82, 2.24) is 5.32 Å². The number of hydrogen-bond donors (Lipinski definition) is 1. The maximum atomic E-state index is 3.56. The van der Waals surface area contributed by atoms with Gasteiger partial charge in [-0.25, -0.2) is 0 Å². The summed E-state index contributed by atoms with van der Waals surface area (Å²) < 4.78 is 0. The second-order valence-corrected chi connectivity index (χ2v) is 6.18. The molecule has 0 saturated heterocycles. The van der Waals surface area contributed by atoms with Crippen molar-refractivity contribution in [2.45, 2.75) is 72.3 Å². The van der Waals surface area contributed by atoms with Gasteiger partial charge in [-0.15, -0.1) is 0 Å². The van der Waals surface area contributed by atoms with Gasteiger partial charge in [-0.05, 0) is 24.7 Å². The molecule has 17 heavy (non-hydrogen) atoms.